The van der Waals surface area contributed by atoms with Gasteiger partial charge in [-0.25, -0.2) is 4.79 Å². The third kappa shape index (κ3) is 11.1. The lowest BCUT2D eigenvalue weighted by atomic mass is 9.55. The maximum Gasteiger partial charge on any atom is 0.410 e. The number of rotatable bonds is 23. The van der Waals surface area contributed by atoms with Crippen LogP contribution in [-0.4, -0.2) is 78.9 Å². The Morgan fingerprint density at radius 1 is 0.806 bits per heavy atom. The molecule has 2 aliphatic carbocycles. The van der Waals surface area contributed by atoms with Crippen LogP contribution >= 0.6 is 0 Å². The average molecular weight is 971 g/mol. The van der Waals surface area contributed by atoms with E-state index < -0.39 is 23.8 Å². The zero-order chi connectivity index (χ0) is 49.7. The molecule has 1 saturated carbocycles. The van der Waals surface area contributed by atoms with E-state index in [-0.39, 0.29) is 63.8 Å². The summed E-state index contributed by atoms with van der Waals surface area (Å²) in [5, 5.41) is 27.0. The quantitative estimate of drug-likeness (QED) is 0.0366. The fourth-order valence-corrected chi connectivity index (χ4v) is 11.3. The number of benzene rings is 6. The predicted molar refractivity (Wildman–Crippen MR) is 281 cm³/mol. The summed E-state index contributed by atoms with van der Waals surface area (Å²) in [6.45, 7) is 5.18. The maximum atomic E-state index is 15.2. The van der Waals surface area contributed by atoms with Gasteiger partial charge < -0.3 is 38.7 Å². The number of aliphatic hydroxyl groups excluding tert-OH is 2. The van der Waals surface area contributed by atoms with E-state index in [1.54, 1.807) is 18.1 Å². The number of fused-ring (bicyclic) bond motifs is 3. The summed E-state index contributed by atoms with van der Waals surface area (Å²) in [7, 11) is 1.55. The monoisotopic (exact) mass is 970 g/mol. The van der Waals surface area contributed by atoms with Gasteiger partial charge in [-0.3, -0.25) is 4.90 Å². The number of allylic oxidation sites excluding steroid dienone is 1. The number of hydrogen-bond donors (Lipinski definition) is 2. The van der Waals surface area contributed by atoms with Crippen LogP contribution in [0.5, 0.6) is 17.2 Å². The second kappa shape index (κ2) is 24.1. The number of unbranched alkanes of at least 4 members (excludes halogenated alkanes) is 2. The lowest BCUT2D eigenvalue weighted by molar-refractivity contribution is -0.256. The first-order valence-corrected chi connectivity index (χ1v) is 25.4. The topological polar surface area (TPSA) is 129 Å². The third-order valence-electron chi connectivity index (χ3n) is 14.4. The van der Waals surface area contributed by atoms with E-state index in [1.165, 1.54) is 0 Å². The highest BCUT2D eigenvalue weighted by atomic mass is 16.7. The highest BCUT2D eigenvalue weighted by Gasteiger charge is 2.65. The van der Waals surface area contributed by atoms with Gasteiger partial charge in [0.25, 0.3) is 0 Å². The van der Waals surface area contributed by atoms with Crippen LogP contribution < -0.4 is 9.47 Å². The fraction of sp³-hybridized carbons (Fsp3) is 0.344. The molecule has 0 spiro atoms. The molecule has 11 nitrogen and oxygen atoms in total. The van der Waals surface area contributed by atoms with Gasteiger partial charge in [-0.15, -0.1) is 6.58 Å². The average Bonchev–Trinajstić information content (AvgIpc) is 3.41. The molecule has 1 aliphatic heterocycles. The van der Waals surface area contributed by atoms with Crippen molar-refractivity contribution in [3.05, 3.63) is 187 Å². The highest BCUT2D eigenvalue weighted by molar-refractivity contribution is 6.03. The molecule has 1 amide bonds. The Balaban J connectivity index is 1.16. The van der Waals surface area contributed by atoms with Crippen LogP contribution in [-0.2, 0) is 32.2 Å². The van der Waals surface area contributed by atoms with Gasteiger partial charge in [-0.05, 0) is 106 Å². The van der Waals surface area contributed by atoms with Gasteiger partial charge in [0.15, 0.2) is 0 Å². The SMILES string of the molecule is C=CCOC12Oc3ccc(Oc4ccc(-c5ccccc5)cc4)cc3C3C(CCCCO)C(CCCCO)C=C(C(=NOC)CC1N(Cc1cccc4ccccc14)C(=O)OCCOCc1ccccc1)C32. The second-order valence-electron chi connectivity index (χ2n) is 18.9. The molecule has 0 saturated heterocycles. The number of carbonyl (C=O) groups excluding carboxylic acids is 1. The van der Waals surface area contributed by atoms with E-state index >= 15 is 4.79 Å². The minimum atomic E-state index is -1.49. The van der Waals surface area contributed by atoms with E-state index in [9.17, 15) is 10.2 Å². The van der Waals surface area contributed by atoms with E-state index in [0.29, 0.717) is 42.4 Å². The van der Waals surface area contributed by atoms with Gasteiger partial charge in [0, 0.05) is 31.1 Å². The van der Waals surface area contributed by atoms with Crippen LogP contribution in [0.1, 0.15) is 67.6 Å². The van der Waals surface area contributed by atoms with Crippen LogP contribution in [0, 0.1) is 17.8 Å². The third-order valence-corrected chi connectivity index (χ3v) is 14.4. The van der Waals surface area contributed by atoms with Crippen molar-refractivity contribution in [1.29, 1.82) is 0 Å². The Morgan fingerprint density at radius 3 is 2.28 bits per heavy atom. The molecular weight excluding hydrogens is 905 g/mol. The molecule has 6 unspecified atom stereocenters. The fourth-order valence-electron chi connectivity index (χ4n) is 11.3. The molecule has 3 aliphatic rings. The first-order chi connectivity index (χ1) is 35.4. The molecule has 72 heavy (non-hydrogen) atoms. The maximum absolute atomic E-state index is 15.2. The van der Waals surface area contributed by atoms with E-state index in [1.807, 2.05) is 97.1 Å². The molecule has 1 fully saturated rings. The zero-order valence-electron chi connectivity index (χ0n) is 41.2. The van der Waals surface area contributed by atoms with Crippen molar-refractivity contribution in [3.8, 4) is 28.4 Å². The molecule has 0 bridgehead atoms. The Morgan fingerprint density at radius 2 is 1.51 bits per heavy atom. The van der Waals surface area contributed by atoms with Gasteiger partial charge in [-0.2, -0.15) is 0 Å². The van der Waals surface area contributed by atoms with Crippen molar-refractivity contribution >= 4 is 22.6 Å². The van der Waals surface area contributed by atoms with Gasteiger partial charge >= 0.3 is 6.09 Å². The first kappa shape index (κ1) is 50.2. The van der Waals surface area contributed by atoms with Gasteiger partial charge in [0.05, 0.1) is 38.0 Å². The van der Waals surface area contributed by atoms with Crippen LogP contribution in [0.15, 0.2) is 175 Å². The van der Waals surface area contributed by atoms with Crippen LogP contribution in [0.2, 0.25) is 0 Å². The molecule has 9 rings (SSSR count). The summed E-state index contributed by atoms with van der Waals surface area (Å²) >= 11 is 0. The van der Waals surface area contributed by atoms with Crippen LogP contribution in [0.4, 0.5) is 4.79 Å². The minimum absolute atomic E-state index is 0.0189. The summed E-state index contributed by atoms with van der Waals surface area (Å²) in [6, 6.07) is 47.7. The Kier molecular flexibility index (Phi) is 16.8. The van der Waals surface area contributed by atoms with Crippen molar-refractivity contribution in [2.45, 2.75) is 75.8 Å². The summed E-state index contributed by atoms with van der Waals surface area (Å²) < 4.78 is 33.6. The van der Waals surface area contributed by atoms with Gasteiger partial charge in [-0.1, -0.05) is 145 Å². The standard InChI is InChI=1S/C61H66N2O9/c1-3-35-70-61-57(63(41-48-24-16-23-46-21-10-11-25-51(46)48)60(66)69-37-36-68-42-43-17-6-4-7-18-43)40-55(62-67-2)53-38-47(22-12-14-33-64)52(26-13-15-34-65)58(59(53)61)54-39-50(31-32-56(54)72-61)71-49-29-27-45(28-30-49)44-19-8-5-9-20-44/h3-11,16-21,23-25,27-32,38-39,47,52,57-59,64-65H,1,12-15,22,26,33-37,40-42H2,2H3. The van der Waals surface area contributed by atoms with Crippen molar-refractivity contribution in [2.24, 2.45) is 22.9 Å². The smallest absolute Gasteiger partial charge is 0.410 e. The van der Waals surface area contributed by atoms with Crippen LogP contribution in [0.3, 0.4) is 0 Å². The normalized spacial score (nSPS) is 21.5. The molecular formula is C61H66N2O9. The molecule has 6 aromatic carbocycles. The molecule has 6 atom stereocenters. The van der Waals surface area contributed by atoms with Crippen molar-refractivity contribution in [2.75, 3.05) is 40.1 Å². The summed E-state index contributed by atoms with van der Waals surface area (Å²) in [5.74, 6) is -0.174. The van der Waals surface area contributed by atoms with Gasteiger partial charge in [0.1, 0.15) is 37.0 Å². The van der Waals surface area contributed by atoms with E-state index in [0.717, 1.165) is 69.8 Å². The molecule has 2 N–H and O–H groups in total. The largest absolute Gasteiger partial charge is 0.459 e. The minimum Gasteiger partial charge on any atom is -0.459 e. The number of amides is 1. The Bertz CT molecular complexity index is 2790. The van der Waals surface area contributed by atoms with E-state index in [4.69, 9.17) is 33.7 Å². The number of ether oxygens (including phenoxy) is 5. The molecule has 11 heteroatoms. The molecule has 1 heterocycles. The van der Waals surface area contributed by atoms with Crippen LogP contribution in [0.25, 0.3) is 21.9 Å². The zero-order valence-corrected chi connectivity index (χ0v) is 41.2. The predicted octanol–water partition coefficient (Wildman–Crippen LogP) is 12.4. The number of aliphatic hydroxyl groups is 2. The lowest BCUT2D eigenvalue weighted by Crippen LogP contribution is -2.70. The second-order valence-corrected chi connectivity index (χ2v) is 18.9. The molecule has 0 aromatic heterocycles. The van der Waals surface area contributed by atoms with E-state index in [2.05, 4.69) is 61.2 Å². The number of carbonyl (C=O) groups is 1. The Hall–Kier alpha value is -6.76. The number of hydrogen-bond acceptors (Lipinski definition) is 10. The highest BCUT2D eigenvalue weighted by Crippen LogP contribution is 2.62. The van der Waals surface area contributed by atoms with Crippen molar-refractivity contribution < 1.29 is 43.5 Å². The number of oxime groups is 1. The summed E-state index contributed by atoms with van der Waals surface area (Å²) in [5.41, 5.74) is 6.75. The first-order valence-electron chi connectivity index (χ1n) is 25.4. The van der Waals surface area contributed by atoms with Crippen molar-refractivity contribution in [3.63, 3.8) is 0 Å². The number of nitrogens with zero attached hydrogens (tertiary/aromatic N) is 2. The van der Waals surface area contributed by atoms with Gasteiger partial charge in [0.2, 0.25) is 5.79 Å². The molecule has 374 valence electrons. The molecule has 6 aromatic rings. The summed E-state index contributed by atoms with van der Waals surface area (Å²) in [6.07, 6.45) is 8.29. The lowest BCUT2D eigenvalue weighted by Gasteiger charge is -2.59. The van der Waals surface area contributed by atoms with Crippen molar-refractivity contribution in [1.82, 2.24) is 4.90 Å². The summed E-state index contributed by atoms with van der Waals surface area (Å²) in [4.78, 5) is 22.7. The molecule has 0 radical (unpaired) electrons. The Labute approximate surface area is 423 Å².